The molecule has 1 aromatic rings. The molecule has 0 aromatic carbocycles. The Kier molecular flexibility index (Phi) is 5.79. The molecule has 1 atom stereocenters. The topological polar surface area (TPSA) is 34.1 Å². The van der Waals surface area contributed by atoms with Crippen molar-refractivity contribution >= 4 is 11.3 Å². The maximum atomic E-state index is 5.81. The average Bonchev–Trinajstić information content (AvgIpc) is 2.79. The predicted octanol–water partition coefficient (Wildman–Crippen LogP) is 3.32. The van der Waals surface area contributed by atoms with E-state index in [4.69, 9.17) is 9.72 Å². The average molecular weight is 282 g/mol. The number of ether oxygens (including phenoxy) is 1. The van der Waals surface area contributed by atoms with E-state index in [1.54, 1.807) is 0 Å². The second kappa shape index (κ2) is 7.36. The molecule has 0 saturated carbocycles. The van der Waals surface area contributed by atoms with Crippen LogP contribution in [0.5, 0.6) is 0 Å². The lowest BCUT2D eigenvalue weighted by atomic mass is 10.1. The summed E-state index contributed by atoms with van der Waals surface area (Å²) in [6, 6.07) is 0.525. The summed E-state index contributed by atoms with van der Waals surface area (Å²) in [6.07, 6.45) is 6.14. The van der Waals surface area contributed by atoms with Crippen LogP contribution in [0, 0.1) is 0 Å². The zero-order chi connectivity index (χ0) is 13.7. The molecule has 19 heavy (non-hydrogen) atoms. The molecule has 0 radical (unpaired) electrons. The summed E-state index contributed by atoms with van der Waals surface area (Å²) in [6.45, 7) is 8.43. The van der Waals surface area contributed by atoms with Crippen molar-refractivity contribution in [1.29, 1.82) is 0 Å². The van der Waals surface area contributed by atoms with Gasteiger partial charge in [-0.3, -0.25) is 0 Å². The van der Waals surface area contributed by atoms with E-state index in [0.29, 0.717) is 12.1 Å². The lowest BCUT2D eigenvalue weighted by Crippen LogP contribution is -2.21. The Morgan fingerprint density at radius 2 is 2.26 bits per heavy atom. The van der Waals surface area contributed by atoms with Gasteiger partial charge in [0.1, 0.15) is 0 Å². The van der Waals surface area contributed by atoms with E-state index >= 15 is 0 Å². The molecule has 0 aliphatic carbocycles. The fourth-order valence-corrected chi connectivity index (χ4v) is 3.57. The summed E-state index contributed by atoms with van der Waals surface area (Å²) in [7, 11) is 0. The van der Waals surface area contributed by atoms with Crippen LogP contribution < -0.4 is 5.32 Å². The zero-order valence-electron chi connectivity index (χ0n) is 12.4. The van der Waals surface area contributed by atoms with Gasteiger partial charge < -0.3 is 10.1 Å². The Bertz CT molecular complexity index is 383. The Balaban J connectivity index is 1.96. The van der Waals surface area contributed by atoms with Crippen LogP contribution in [0.1, 0.15) is 55.6 Å². The van der Waals surface area contributed by atoms with Crippen LogP contribution in [0.25, 0.3) is 0 Å². The molecule has 3 nitrogen and oxygen atoms in total. The first-order valence-corrected chi connectivity index (χ1v) is 8.33. The fourth-order valence-electron chi connectivity index (χ4n) is 2.40. The van der Waals surface area contributed by atoms with Crippen LogP contribution in [0.4, 0.5) is 0 Å². The van der Waals surface area contributed by atoms with Crippen molar-refractivity contribution in [3.8, 4) is 0 Å². The van der Waals surface area contributed by atoms with Crippen LogP contribution in [0.3, 0.4) is 0 Å². The molecule has 2 heterocycles. The number of rotatable bonds is 6. The fraction of sp³-hybridized carbons (Fsp3) is 0.800. The first-order chi connectivity index (χ1) is 9.19. The number of nitrogens with zero attached hydrogens (tertiary/aromatic N) is 1. The third-order valence-corrected chi connectivity index (χ3v) is 4.62. The molecule has 1 unspecified atom stereocenters. The summed E-state index contributed by atoms with van der Waals surface area (Å²) in [5.74, 6) is 0. The van der Waals surface area contributed by atoms with Crippen LogP contribution in [0.2, 0.25) is 0 Å². The zero-order valence-corrected chi connectivity index (χ0v) is 13.2. The predicted molar refractivity (Wildman–Crippen MR) is 80.8 cm³/mol. The number of hydrogen-bond acceptors (Lipinski definition) is 4. The quantitative estimate of drug-likeness (QED) is 0.869. The third-order valence-electron chi connectivity index (χ3n) is 3.50. The minimum atomic E-state index is 0.399. The van der Waals surface area contributed by atoms with Gasteiger partial charge >= 0.3 is 0 Å². The standard InChI is InChI=1S/C15H26N2OS/c1-4-13-14(10-16-11(2)3)19-15(17-13)9-12-7-5-6-8-18-12/h11-12,16H,4-10H2,1-3H3. The van der Waals surface area contributed by atoms with E-state index in [0.717, 1.165) is 26.0 Å². The van der Waals surface area contributed by atoms with Crippen LogP contribution in [-0.4, -0.2) is 23.7 Å². The van der Waals surface area contributed by atoms with Crippen molar-refractivity contribution in [3.05, 3.63) is 15.6 Å². The van der Waals surface area contributed by atoms with Gasteiger partial charge in [0, 0.05) is 30.5 Å². The Morgan fingerprint density at radius 3 is 2.89 bits per heavy atom. The summed E-state index contributed by atoms with van der Waals surface area (Å²) in [4.78, 5) is 6.20. The number of aromatic nitrogens is 1. The van der Waals surface area contributed by atoms with E-state index in [9.17, 15) is 0 Å². The van der Waals surface area contributed by atoms with Gasteiger partial charge in [0.2, 0.25) is 0 Å². The van der Waals surface area contributed by atoms with Gasteiger partial charge in [-0.2, -0.15) is 0 Å². The lowest BCUT2D eigenvalue weighted by molar-refractivity contribution is 0.0167. The molecule has 0 amide bonds. The van der Waals surface area contributed by atoms with Crippen molar-refractivity contribution < 1.29 is 4.74 Å². The van der Waals surface area contributed by atoms with Crippen molar-refractivity contribution in [3.63, 3.8) is 0 Å². The first-order valence-electron chi connectivity index (χ1n) is 7.51. The van der Waals surface area contributed by atoms with Gasteiger partial charge in [-0.1, -0.05) is 20.8 Å². The van der Waals surface area contributed by atoms with Crippen molar-refractivity contribution in [2.75, 3.05) is 6.61 Å². The van der Waals surface area contributed by atoms with E-state index in [1.165, 1.54) is 34.8 Å². The lowest BCUT2D eigenvalue weighted by Gasteiger charge is -2.21. The van der Waals surface area contributed by atoms with Gasteiger partial charge in [0.05, 0.1) is 16.8 Å². The second-order valence-corrected chi connectivity index (χ2v) is 6.73. The molecule has 1 saturated heterocycles. The molecule has 108 valence electrons. The molecular weight excluding hydrogens is 256 g/mol. The summed E-state index contributed by atoms with van der Waals surface area (Å²) >= 11 is 1.87. The molecule has 0 spiro atoms. The van der Waals surface area contributed by atoms with Gasteiger partial charge in [-0.05, 0) is 25.7 Å². The second-order valence-electron chi connectivity index (χ2n) is 5.56. The van der Waals surface area contributed by atoms with Gasteiger partial charge in [-0.15, -0.1) is 11.3 Å². The van der Waals surface area contributed by atoms with Crippen molar-refractivity contribution in [1.82, 2.24) is 10.3 Å². The first kappa shape index (κ1) is 14.9. The molecule has 1 aliphatic rings. The molecule has 1 aromatic heterocycles. The van der Waals surface area contributed by atoms with Crippen molar-refractivity contribution in [2.24, 2.45) is 0 Å². The molecule has 2 rings (SSSR count). The number of aryl methyl sites for hydroxylation is 1. The van der Waals surface area contributed by atoms with Gasteiger partial charge in [-0.25, -0.2) is 4.98 Å². The SMILES string of the molecule is CCc1nc(CC2CCCCO2)sc1CNC(C)C. The molecule has 1 fully saturated rings. The number of nitrogens with one attached hydrogen (secondary N) is 1. The molecule has 1 N–H and O–H groups in total. The maximum Gasteiger partial charge on any atom is 0.0957 e. The normalized spacial score (nSPS) is 20.1. The highest BCUT2D eigenvalue weighted by Gasteiger charge is 2.18. The third kappa shape index (κ3) is 4.55. The van der Waals surface area contributed by atoms with Crippen LogP contribution in [0.15, 0.2) is 0 Å². The van der Waals surface area contributed by atoms with Gasteiger partial charge in [0.25, 0.3) is 0 Å². The highest BCUT2D eigenvalue weighted by Crippen LogP contribution is 2.24. The van der Waals surface area contributed by atoms with Crippen LogP contribution in [-0.2, 0) is 24.1 Å². The largest absolute Gasteiger partial charge is 0.378 e. The molecule has 1 aliphatic heterocycles. The molecule has 0 bridgehead atoms. The highest BCUT2D eigenvalue weighted by molar-refractivity contribution is 7.11. The minimum Gasteiger partial charge on any atom is -0.378 e. The summed E-state index contributed by atoms with van der Waals surface area (Å²) in [5.41, 5.74) is 1.27. The Morgan fingerprint density at radius 1 is 1.42 bits per heavy atom. The van der Waals surface area contributed by atoms with E-state index in [1.807, 2.05) is 11.3 Å². The van der Waals surface area contributed by atoms with Gasteiger partial charge in [0.15, 0.2) is 0 Å². The maximum absolute atomic E-state index is 5.81. The number of hydrogen-bond donors (Lipinski definition) is 1. The van der Waals surface area contributed by atoms with Crippen LogP contribution >= 0.6 is 11.3 Å². The van der Waals surface area contributed by atoms with Crippen molar-refractivity contribution in [2.45, 2.75) is 71.6 Å². The van der Waals surface area contributed by atoms with E-state index in [-0.39, 0.29) is 0 Å². The van der Waals surface area contributed by atoms with E-state index in [2.05, 4.69) is 26.1 Å². The Hall–Kier alpha value is -0.450. The minimum absolute atomic E-state index is 0.399. The number of thiazole rings is 1. The van der Waals surface area contributed by atoms with E-state index < -0.39 is 0 Å². The monoisotopic (exact) mass is 282 g/mol. The summed E-state index contributed by atoms with van der Waals surface area (Å²) < 4.78 is 5.81. The Labute approximate surface area is 120 Å². The highest BCUT2D eigenvalue weighted by atomic mass is 32.1. The molecule has 4 heteroatoms. The smallest absolute Gasteiger partial charge is 0.0957 e. The summed E-state index contributed by atoms with van der Waals surface area (Å²) in [5, 5.41) is 4.75. The molecular formula is C15H26N2OS.